The molecule has 74 valence electrons. The Morgan fingerprint density at radius 2 is 2.14 bits per heavy atom. The Labute approximate surface area is 91.0 Å². The Kier molecular flexibility index (Phi) is 2.23. The number of halogens is 1. The monoisotopic (exact) mass is 254 g/mol. The molecule has 0 bridgehead atoms. The lowest BCUT2D eigenvalue weighted by Crippen LogP contribution is -2.36. The van der Waals surface area contributed by atoms with Gasteiger partial charge in [0.1, 0.15) is 6.04 Å². The molecule has 0 radical (unpaired) electrons. The first kappa shape index (κ1) is 9.52. The van der Waals surface area contributed by atoms with E-state index in [0.29, 0.717) is 0 Å². The third kappa shape index (κ3) is 1.50. The molecule has 1 amide bonds. The number of hydrogen-bond acceptors (Lipinski definition) is 2. The standard InChI is InChI=1S/C10H11BrN2O/c1-5-3-7(11)4-8-9(5)12-6(2)10(14)13-8/h3-4,6,12H,1-2H3,(H,13,14)/t6-/m0/s1. The van der Waals surface area contributed by atoms with Gasteiger partial charge >= 0.3 is 0 Å². The van der Waals surface area contributed by atoms with E-state index in [0.717, 1.165) is 21.4 Å². The van der Waals surface area contributed by atoms with Gasteiger partial charge in [-0.3, -0.25) is 4.79 Å². The minimum atomic E-state index is -0.164. The van der Waals surface area contributed by atoms with Crippen LogP contribution in [0.25, 0.3) is 0 Å². The van der Waals surface area contributed by atoms with E-state index in [4.69, 9.17) is 0 Å². The van der Waals surface area contributed by atoms with E-state index in [1.54, 1.807) is 0 Å². The number of amides is 1. The van der Waals surface area contributed by atoms with Crippen LogP contribution in [0.4, 0.5) is 11.4 Å². The van der Waals surface area contributed by atoms with Crippen molar-refractivity contribution in [1.29, 1.82) is 0 Å². The van der Waals surface area contributed by atoms with Gasteiger partial charge in [0.05, 0.1) is 11.4 Å². The maximum Gasteiger partial charge on any atom is 0.246 e. The van der Waals surface area contributed by atoms with E-state index in [2.05, 4.69) is 26.6 Å². The van der Waals surface area contributed by atoms with Gasteiger partial charge in [-0.15, -0.1) is 0 Å². The van der Waals surface area contributed by atoms with Crippen LogP contribution in [0, 0.1) is 6.92 Å². The molecule has 3 nitrogen and oxygen atoms in total. The Morgan fingerprint density at radius 1 is 1.43 bits per heavy atom. The summed E-state index contributed by atoms with van der Waals surface area (Å²) in [5.41, 5.74) is 2.99. The summed E-state index contributed by atoms with van der Waals surface area (Å²) in [5, 5.41) is 6.03. The van der Waals surface area contributed by atoms with E-state index in [-0.39, 0.29) is 11.9 Å². The summed E-state index contributed by atoms with van der Waals surface area (Å²) in [6.45, 7) is 3.86. The molecule has 1 heterocycles. The molecule has 2 N–H and O–H groups in total. The SMILES string of the molecule is Cc1cc(Br)cc2c1N[C@@H](C)C(=O)N2. The van der Waals surface area contributed by atoms with Crippen molar-refractivity contribution < 1.29 is 4.79 Å². The van der Waals surface area contributed by atoms with Gasteiger partial charge in [0.25, 0.3) is 0 Å². The molecule has 1 aliphatic rings. The molecule has 1 aromatic rings. The molecular formula is C10H11BrN2O. The lowest BCUT2D eigenvalue weighted by molar-refractivity contribution is -0.116. The summed E-state index contributed by atoms with van der Waals surface area (Å²) < 4.78 is 0.977. The van der Waals surface area contributed by atoms with Crippen LogP contribution in [0.1, 0.15) is 12.5 Å². The summed E-state index contributed by atoms with van der Waals surface area (Å²) in [6, 6.07) is 3.76. The van der Waals surface area contributed by atoms with Crippen molar-refractivity contribution >= 4 is 33.2 Å². The van der Waals surface area contributed by atoms with Gasteiger partial charge in [-0.2, -0.15) is 0 Å². The molecule has 1 aromatic carbocycles. The predicted molar refractivity (Wildman–Crippen MR) is 60.6 cm³/mol. The van der Waals surface area contributed by atoms with Crippen LogP contribution in [0.3, 0.4) is 0 Å². The second kappa shape index (κ2) is 3.28. The van der Waals surface area contributed by atoms with Gasteiger partial charge in [0, 0.05) is 4.47 Å². The van der Waals surface area contributed by atoms with Crippen LogP contribution in [0.5, 0.6) is 0 Å². The maximum absolute atomic E-state index is 11.4. The van der Waals surface area contributed by atoms with Crippen molar-refractivity contribution in [3.05, 3.63) is 22.2 Å². The number of hydrogen-bond donors (Lipinski definition) is 2. The van der Waals surface area contributed by atoms with Crippen LogP contribution < -0.4 is 10.6 Å². The summed E-state index contributed by atoms with van der Waals surface area (Å²) in [4.78, 5) is 11.4. The number of carbonyl (C=O) groups excluding carboxylic acids is 1. The van der Waals surface area contributed by atoms with Gasteiger partial charge in [-0.25, -0.2) is 0 Å². The quantitative estimate of drug-likeness (QED) is 0.747. The number of anilines is 2. The number of rotatable bonds is 0. The molecule has 0 saturated heterocycles. The number of benzene rings is 1. The minimum absolute atomic E-state index is 0.00926. The fourth-order valence-electron chi connectivity index (χ4n) is 1.56. The smallest absolute Gasteiger partial charge is 0.246 e. The van der Waals surface area contributed by atoms with Crippen LogP contribution in [0.15, 0.2) is 16.6 Å². The summed E-state index contributed by atoms with van der Waals surface area (Å²) in [6.07, 6.45) is 0. The van der Waals surface area contributed by atoms with Gasteiger partial charge in [-0.1, -0.05) is 15.9 Å². The van der Waals surface area contributed by atoms with Crippen molar-refractivity contribution in [2.24, 2.45) is 0 Å². The van der Waals surface area contributed by atoms with E-state index in [1.165, 1.54) is 0 Å². The van der Waals surface area contributed by atoms with Gasteiger partial charge in [0.2, 0.25) is 5.91 Å². The Bertz CT molecular complexity index is 403. The molecule has 4 heteroatoms. The van der Waals surface area contributed by atoms with E-state index >= 15 is 0 Å². The van der Waals surface area contributed by atoms with Gasteiger partial charge in [0.15, 0.2) is 0 Å². The van der Waals surface area contributed by atoms with Crippen LogP contribution >= 0.6 is 15.9 Å². The predicted octanol–water partition coefficient (Wildman–Crippen LogP) is 2.51. The topological polar surface area (TPSA) is 41.1 Å². The Hall–Kier alpha value is -1.03. The lowest BCUT2D eigenvalue weighted by atomic mass is 10.1. The highest BCUT2D eigenvalue weighted by atomic mass is 79.9. The zero-order valence-corrected chi connectivity index (χ0v) is 9.60. The fraction of sp³-hybridized carbons (Fsp3) is 0.300. The Morgan fingerprint density at radius 3 is 2.86 bits per heavy atom. The first-order valence-corrected chi connectivity index (χ1v) is 5.25. The number of aryl methyl sites for hydroxylation is 1. The summed E-state index contributed by atoms with van der Waals surface area (Å²) in [7, 11) is 0. The van der Waals surface area contributed by atoms with Crippen molar-refractivity contribution in [1.82, 2.24) is 0 Å². The number of carbonyl (C=O) groups is 1. The molecule has 1 atom stereocenters. The molecular weight excluding hydrogens is 244 g/mol. The zero-order valence-electron chi connectivity index (χ0n) is 8.02. The van der Waals surface area contributed by atoms with Crippen molar-refractivity contribution in [2.45, 2.75) is 19.9 Å². The van der Waals surface area contributed by atoms with Gasteiger partial charge in [-0.05, 0) is 31.5 Å². The second-order valence-corrected chi connectivity index (χ2v) is 4.42. The molecule has 0 fully saturated rings. The van der Waals surface area contributed by atoms with Crippen molar-refractivity contribution in [2.75, 3.05) is 10.6 Å². The third-order valence-corrected chi connectivity index (χ3v) is 2.77. The second-order valence-electron chi connectivity index (χ2n) is 3.50. The third-order valence-electron chi connectivity index (χ3n) is 2.31. The number of fused-ring (bicyclic) bond motifs is 1. The molecule has 2 rings (SSSR count). The van der Waals surface area contributed by atoms with Crippen molar-refractivity contribution in [3.63, 3.8) is 0 Å². The van der Waals surface area contributed by atoms with Crippen molar-refractivity contribution in [3.8, 4) is 0 Å². The molecule has 0 unspecified atom stereocenters. The zero-order chi connectivity index (χ0) is 10.3. The summed E-state index contributed by atoms with van der Waals surface area (Å²) in [5.74, 6) is 0.00926. The van der Waals surface area contributed by atoms with Gasteiger partial charge < -0.3 is 10.6 Å². The highest BCUT2D eigenvalue weighted by Crippen LogP contribution is 2.33. The lowest BCUT2D eigenvalue weighted by Gasteiger charge is -2.25. The average Bonchev–Trinajstić information content (AvgIpc) is 2.08. The average molecular weight is 255 g/mol. The maximum atomic E-state index is 11.4. The van der Waals surface area contributed by atoms with Crippen LogP contribution in [-0.4, -0.2) is 11.9 Å². The molecule has 0 aliphatic carbocycles. The molecule has 0 saturated carbocycles. The van der Waals surface area contributed by atoms with E-state index in [1.807, 2.05) is 26.0 Å². The van der Waals surface area contributed by atoms with E-state index < -0.39 is 0 Å². The van der Waals surface area contributed by atoms with Crippen LogP contribution in [0.2, 0.25) is 0 Å². The molecule has 0 aromatic heterocycles. The normalized spacial score (nSPS) is 19.6. The largest absolute Gasteiger partial charge is 0.372 e. The number of nitrogens with one attached hydrogen (secondary N) is 2. The first-order valence-electron chi connectivity index (χ1n) is 4.45. The molecule has 0 spiro atoms. The fourth-order valence-corrected chi connectivity index (χ4v) is 2.13. The Balaban J connectivity index is 2.51. The highest BCUT2D eigenvalue weighted by molar-refractivity contribution is 9.10. The summed E-state index contributed by atoms with van der Waals surface area (Å²) >= 11 is 3.40. The molecule has 14 heavy (non-hydrogen) atoms. The first-order chi connectivity index (χ1) is 6.58. The molecule has 1 aliphatic heterocycles. The van der Waals surface area contributed by atoms with E-state index in [9.17, 15) is 4.79 Å². The minimum Gasteiger partial charge on any atom is -0.372 e. The van der Waals surface area contributed by atoms with Crippen LogP contribution in [-0.2, 0) is 4.79 Å². The highest BCUT2D eigenvalue weighted by Gasteiger charge is 2.22.